The van der Waals surface area contributed by atoms with E-state index in [1.165, 1.54) is 0 Å². The summed E-state index contributed by atoms with van der Waals surface area (Å²) in [7, 11) is 0. The molecule has 2 heteroatoms. The van der Waals surface area contributed by atoms with Gasteiger partial charge in [-0.1, -0.05) is 20.8 Å². The zero-order chi connectivity index (χ0) is 13.6. The largest absolute Gasteiger partial charge is 0.373 e. The maximum absolute atomic E-state index is 11.3. The van der Waals surface area contributed by atoms with Crippen LogP contribution in [0.3, 0.4) is 0 Å². The Morgan fingerprint density at radius 1 is 1.12 bits per heavy atom. The van der Waals surface area contributed by atoms with Gasteiger partial charge in [-0.2, -0.15) is 0 Å². The van der Waals surface area contributed by atoms with Crippen LogP contribution in [0.25, 0.3) is 0 Å². The zero-order valence-corrected chi connectivity index (χ0v) is 12.7. The first-order chi connectivity index (χ1) is 7.61. The molecule has 0 rings (SSSR count). The highest BCUT2D eigenvalue weighted by Crippen LogP contribution is 2.22. The highest BCUT2D eigenvalue weighted by molar-refractivity contribution is 5.77. The Morgan fingerprint density at radius 2 is 1.65 bits per heavy atom. The van der Waals surface area contributed by atoms with Gasteiger partial charge in [0.05, 0.1) is 11.7 Å². The molecule has 0 aliphatic heterocycles. The summed E-state index contributed by atoms with van der Waals surface area (Å²) in [5.74, 6) is 1.06. The minimum atomic E-state index is -0.127. The van der Waals surface area contributed by atoms with Gasteiger partial charge in [0.25, 0.3) is 0 Å². The molecule has 2 nitrogen and oxygen atoms in total. The van der Waals surface area contributed by atoms with Crippen LogP contribution in [0.4, 0.5) is 0 Å². The second-order valence-electron chi connectivity index (χ2n) is 6.57. The van der Waals surface area contributed by atoms with Crippen LogP contribution in [-0.4, -0.2) is 17.5 Å². The van der Waals surface area contributed by atoms with Crippen LogP contribution >= 0.6 is 0 Å². The summed E-state index contributed by atoms with van der Waals surface area (Å²) in [5, 5.41) is 0. The second kappa shape index (κ2) is 7.15. The fourth-order valence-corrected chi connectivity index (χ4v) is 1.80. The summed E-state index contributed by atoms with van der Waals surface area (Å²) in [6, 6.07) is 0. The van der Waals surface area contributed by atoms with Crippen molar-refractivity contribution < 1.29 is 9.53 Å². The maximum Gasteiger partial charge on any atom is 0.132 e. The van der Waals surface area contributed by atoms with Gasteiger partial charge in [0.1, 0.15) is 5.78 Å². The highest BCUT2D eigenvalue weighted by atomic mass is 16.5. The molecule has 0 fully saturated rings. The van der Waals surface area contributed by atoms with Crippen LogP contribution in [0.1, 0.15) is 67.7 Å². The Hall–Kier alpha value is -0.370. The van der Waals surface area contributed by atoms with Gasteiger partial charge in [-0.05, 0) is 52.9 Å². The van der Waals surface area contributed by atoms with Gasteiger partial charge in [0, 0.05) is 5.92 Å². The van der Waals surface area contributed by atoms with Crippen molar-refractivity contribution in [3.05, 3.63) is 0 Å². The van der Waals surface area contributed by atoms with Crippen molar-refractivity contribution in [2.45, 2.75) is 79.4 Å². The molecule has 0 radical (unpaired) electrons. The van der Waals surface area contributed by atoms with E-state index in [0.29, 0.717) is 5.92 Å². The van der Waals surface area contributed by atoms with E-state index in [-0.39, 0.29) is 23.4 Å². The molecular weight excluding hydrogens is 212 g/mol. The predicted octanol–water partition coefficient (Wildman–Crippen LogP) is 4.22. The fourth-order valence-electron chi connectivity index (χ4n) is 1.80. The smallest absolute Gasteiger partial charge is 0.132 e. The summed E-state index contributed by atoms with van der Waals surface area (Å²) in [5.41, 5.74) is -0.127. The molecule has 0 spiro atoms. The van der Waals surface area contributed by atoms with E-state index in [0.717, 1.165) is 19.3 Å². The van der Waals surface area contributed by atoms with Crippen molar-refractivity contribution in [2.24, 2.45) is 11.8 Å². The SMILES string of the molecule is CC(=O)[C@@H](C)C[C@H](CCC(C)C)OC(C)(C)C. The third-order valence-electron chi connectivity index (χ3n) is 2.90. The normalized spacial score (nSPS) is 16.0. The number of Topliss-reactive ketones (excluding diaryl/α,β-unsaturated/α-hetero) is 1. The van der Waals surface area contributed by atoms with Crippen LogP contribution in [0.5, 0.6) is 0 Å². The number of carbonyl (C=O) groups excluding carboxylic acids is 1. The Balaban J connectivity index is 4.34. The Bertz CT molecular complexity index is 226. The molecule has 0 N–H and O–H groups in total. The minimum absolute atomic E-state index is 0.106. The van der Waals surface area contributed by atoms with Crippen molar-refractivity contribution in [1.29, 1.82) is 0 Å². The van der Waals surface area contributed by atoms with E-state index in [2.05, 4.69) is 34.6 Å². The first-order valence-corrected chi connectivity index (χ1v) is 6.80. The van der Waals surface area contributed by atoms with Gasteiger partial charge in [0.2, 0.25) is 0 Å². The molecule has 17 heavy (non-hydrogen) atoms. The zero-order valence-electron chi connectivity index (χ0n) is 12.7. The molecule has 0 aromatic carbocycles. The summed E-state index contributed by atoms with van der Waals surface area (Å²) in [6.45, 7) is 14.3. The lowest BCUT2D eigenvalue weighted by Gasteiger charge is -2.29. The van der Waals surface area contributed by atoms with Crippen molar-refractivity contribution in [3.8, 4) is 0 Å². The topological polar surface area (TPSA) is 26.3 Å². The third kappa shape index (κ3) is 9.34. The lowest BCUT2D eigenvalue weighted by molar-refractivity contribution is -0.123. The van der Waals surface area contributed by atoms with Crippen LogP contribution in [-0.2, 0) is 9.53 Å². The fraction of sp³-hybridized carbons (Fsp3) is 0.933. The summed E-state index contributed by atoms with van der Waals surface area (Å²) in [4.78, 5) is 11.3. The predicted molar refractivity (Wildman–Crippen MR) is 73.2 cm³/mol. The molecule has 0 heterocycles. The molecule has 2 atom stereocenters. The van der Waals surface area contributed by atoms with E-state index in [9.17, 15) is 4.79 Å². The van der Waals surface area contributed by atoms with Crippen molar-refractivity contribution >= 4 is 5.78 Å². The molecule has 0 unspecified atom stereocenters. The van der Waals surface area contributed by atoms with Crippen molar-refractivity contribution in [1.82, 2.24) is 0 Å². The molecule has 0 aliphatic carbocycles. The van der Waals surface area contributed by atoms with Crippen molar-refractivity contribution in [2.75, 3.05) is 0 Å². The summed E-state index contributed by atoms with van der Waals surface area (Å²) in [6.07, 6.45) is 3.26. The van der Waals surface area contributed by atoms with Crippen LogP contribution in [0.2, 0.25) is 0 Å². The number of ether oxygens (including phenoxy) is 1. The quantitative estimate of drug-likeness (QED) is 0.668. The van der Waals surface area contributed by atoms with Gasteiger partial charge in [-0.15, -0.1) is 0 Å². The molecule has 0 aliphatic rings. The molecule has 0 saturated carbocycles. The average Bonchev–Trinajstić information content (AvgIpc) is 2.11. The lowest BCUT2D eigenvalue weighted by atomic mass is 9.94. The maximum atomic E-state index is 11.3. The number of rotatable bonds is 7. The van der Waals surface area contributed by atoms with Crippen LogP contribution < -0.4 is 0 Å². The average molecular weight is 242 g/mol. The van der Waals surface area contributed by atoms with E-state index in [1.54, 1.807) is 6.92 Å². The lowest BCUT2D eigenvalue weighted by Crippen LogP contribution is -2.30. The Morgan fingerprint density at radius 3 is 2.00 bits per heavy atom. The molecule has 102 valence electrons. The third-order valence-corrected chi connectivity index (χ3v) is 2.90. The van der Waals surface area contributed by atoms with E-state index in [1.807, 2.05) is 6.92 Å². The Labute approximate surface area is 107 Å². The molecule has 0 bridgehead atoms. The van der Waals surface area contributed by atoms with Gasteiger partial charge >= 0.3 is 0 Å². The van der Waals surface area contributed by atoms with Gasteiger partial charge in [-0.3, -0.25) is 4.79 Å². The number of ketones is 1. The van der Waals surface area contributed by atoms with Gasteiger partial charge in [-0.25, -0.2) is 0 Å². The standard InChI is InChI=1S/C15H30O2/c1-11(2)8-9-14(17-15(5,6)7)10-12(3)13(4)16/h11-12,14H,8-10H2,1-7H3/t12-,14-/m0/s1. The van der Waals surface area contributed by atoms with Crippen molar-refractivity contribution in [3.63, 3.8) is 0 Å². The van der Waals surface area contributed by atoms with Crippen LogP contribution in [0, 0.1) is 11.8 Å². The Kier molecular flexibility index (Phi) is 6.99. The highest BCUT2D eigenvalue weighted by Gasteiger charge is 2.22. The summed E-state index contributed by atoms with van der Waals surface area (Å²) >= 11 is 0. The molecule has 0 saturated heterocycles. The first-order valence-electron chi connectivity index (χ1n) is 6.80. The number of carbonyl (C=O) groups is 1. The van der Waals surface area contributed by atoms with Gasteiger partial charge < -0.3 is 4.74 Å². The van der Waals surface area contributed by atoms with Gasteiger partial charge in [0.15, 0.2) is 0 Å². The molecule has 0 amide bonds. The van der Waals surface area contributed by atoms with E-state index >= 15 is 0 Å². The monoisotopic (exact) mass is 242 g/mol. The summed E-state index contributed by atoms with van der Waals surface area (Å²) < 4.78 is 6.06. The minimum Gasteiger partial charge on any atom is -0.373 e. The molecular formula is C15H30O2. The number of hydrogen-bond donors (Lipinski definition) is 0. The molecule has 0 aromatic rings. The first kappa shape index (κ1) is 16.6. The van der Waals surface area contributed by atoms with E-state index in [4.69, 9.17) is 4.74 Å². The van der Waals surface area contributed by atoms with Crippen LogP contribution in [0.15, 0.2) is 0 Å². The molecule has 0 aromatic heterocycles. The van der Waals surface area contributed by atoms with E-state index < -0.39 is 0 Å². The second-order valence-corrected chi connectivity index (χ2v) is 6.57. The number of hydrogen-bond acceptors (Lipinski definition) is 2.